The Balaban J connectivity index is 0.993. The lowest BCUT2D eigenvalue weighted by molar-refractivity contribution is 0.293. The average molecular weight is 1640 g/mol. The van der Waals surface area contributed by atoms with Crippen LogP contribution in [0.2, 0.25) is 0 Å². The number of hydrogen-bond acceptors (Lipinski definition) is 8. The van der Waals surface area contributed by atoms with Crippen molar-refractivity contribution in [3.8, 4) is 23.0 Å². The predicted octanol–water partition coefficient (Wildman–Crippen LogP) is 22.7. The third-order valence-electron chi connectivity index (χ3n) is 22.6. The molecule has 0 fully saturated rings. The molecular weight excluding hydrogens is 1550 g/mol. The van der Waals surface area contributed by atoms with E-state index < -0.39 is 28.6 Å². The molecule has 0 saturated carbocycles. The summed E-state index contributed by atoms with van der Waals surface area (Å²) in [5.74, 6) is 2.49. The number of fused-ring (bicyclic) bond motifs is 8. The molecule has 17 rings (SSSR count). The Bertz CT molecular complexity index is 5320. The third kappa shape index (κ3) is 18.3. The van der Waals surface area contributed by atoms with E-state index >= 15 is 18.3 Å². The Labute approximate surface area is 704 Å². The fourth-order valence-corrected chi connectivity index (χ4v) is 27.6. The van der Waals surface area contributed by atoms with Crippen molar-refractivity contribution in [3.05, 3.63) is 502 Å². The van der Waals surface area contributed by atoms with Gasteiger partial charge in [0.15, 0.2) is 0 Å². The van der Waals surface area contributed by atoms with Crippen LogP contribution in [0.5, 0.6) is 23.0 Å². The summed E-state index contributed by atoms with van der Waals surface area (Å²) in [5, 5.41) is 5.81. The molecule has 592 valence electrons. The zero-order valence-corrected chi connectivity index (χ0v) is 70.4. The van der Waals surface area contributed by atoms with E-state index in [1.807, 2.05) is 315 Å². The van der Waals surface area contributed by atoms with E-state index in [0.717, 1.165) is 131 Å². The average Bonchev–Trinajstić information content (AvgIpc) is 0.773. The number of ether oxygens (including phenoxy) is 4. The van der Waals surface area contributed by atoms with Crippen molar-refractivity contribution >= 4 is 71.0 Å². The summed E-state index contributed by atoms with van der Waals surface area (Å²) in [6.07, 6.45) is 1.40. The maximum Gasteiger partial charge on any atom is 0.147 e. The van der Waals surface area contributed by atoms with Crippen LogP contribution in [-0.4, -0.2) is 0 Å². The number of rotatable bonds is 28. The molecule has 0 saturated heterocycles. The maximum atomic E-state index is 17.0. The topological polar surface area (TPSA) is 105 Å². The molecule has 0 aliphatic heterocycles. The first-order chi connectivity index (χ1) is 58.9. The van der Waals surface area contributed by atoms with Gasteiger partial charge >= 0.3 is 0 Å². The first kappa shape index (κ1) is 80.1. The molecule has 0 aromatic heterocycles. The highest BCUT2D eigenvalue weighted by Crippen LogP contribution is 2.54. The van der Waals surface area contributed by atoms with Crippen molar-refractivity contribution < 1.29 is 37.2 Å². The highest BCUT2D eigenvalue weighted by Gasteiger charge is 2.36. The molecule has 0 unspecified atom stereocenters. The van der Waals surface area contributed by atoms with E-state index in [1.165, 1.54) is 0 Å². The molecule has 12 heteroatoms. The zero-order chi connectivity index (χ0) is 81.6. The molecule has 0 radical (unpaired) electrons. The predicted molar refractivity (Wildman–Crippen MR) is 494 cm³/mol. The van der Waals surface area contributed by atoms with Gasteiger partial charge in [-0.25, -0.2) is 0 Å². The SMILES string of the molecule is O=P(Cc1cc2c(OCc3ccccc3)c(c1)Cc1cc(CP(=O)(c3ccccc3)c3ccccc3)cc(c1OCc1ccccc1)Cc1cc(CP(=O)(c3ccccc3)c3ccccc3)cc(c1OCc1ccccc1)Cc1cc(CP(=O)(c3ccccc3)c3ccccc3)cc(c1OCc1ccccc1)C2)(c1ccccc1)c1ccccc1. The van der Waals surface area contributed by atoms with Gasteiger partial charge in [-0.05, 0) is 89.0 Å². The van der Waals surface area contributed by atoms with E-state index in [0.29, 0.717) is 23.0 Å². The van der Waals surface area contributed by atoms with Gasteiger partial charge in [-0.1, -0.05) is 413 Å². The van der Waals surface area contributed by atoms with Crippen molar-refractivity contribution in [2.45, 2.75) is 76.8 Å². The van der Waals surface area contributed by atoms with Gasteiger partial charge in [0.1, 0.15) is 78.0 Å². The molecule has 0 amide bonds. The van der Waals surface area contributed by atoms with Crippen molar-refractivity contribution in [1.82, 2.24) is 0 Å². The molecule has 1 aliphatic rings. The molecule has 16 aromatic rings. The van der Waals surface area contributed by atoms with Crippen LogP contribution in [0.25, 0.3) is 0 Å². The van der Waals surface area contributed by atoms with Gasteiger partial charge in [0.2, 0.25) is 0 Å². The lowest BCUT2D eigenvalue weighted by Crippen LogP contribution is -2.18. The third-order valence-corrected chi connectivity index (χ3v) is 34.9. The van der Waals surface area contributed by atoms with Crippen LogP contribution in [0.15, 0.2) is 413 Å². The Morgan fingerprint density at radius 1 is 0.167 bits per heavy atom. The van der Waals surface area contributed by atoms with Crippen LogP contribution in [0.4, 0.5) is 0 Å². The van der Waals surface area contributed by atoms with Crippen molar-refractivity contribution in [3.63, 3.8) is 0 Å². The summed E-state index contributed by atoms with van der Waals surface area (Å²) in [6.45, 7) is 0.765. The van der Waals surface area contributed by atoms with Crippen LogP contribution in [0, 0.1) is 0 Å². The first-order valence-electron chi connectivity index (χ1n) is 41.0. The number of benzene rings is 16. The van der Waals surface area contributed by atoms with E-state index in [2.05, 4.69) is 97.1 Å². The lowest BCUT2D eigenvalue weighted by atomic mass is 9.88. The van der Waals surface area contributed by atoms with Crippen LogP contribution in [0.3, 0.4) is 0 Å². The fourth-order valence-electron chi connectivity index (χ4n) is 16.9. The smallest absolute Gasteiger partial charge is 0.147 e. The monoisotopic (exact) mass is 1640 g/mol. The summed E-state index contributed by atoms with van der Waals surface area (Å²) in [7, 11) is -14.1. The standard InChI is InChI=1S/C108H92O8P4/c109-117(97-45-21-5-22-46-97,98-47-23-6-24-48-98)77-85-61-89-69-91-63-86(78-118(110,99-49-25-7-26-50-99)100-51-27-8-28-52-100)65-93(106(91)114-74-82-39-15-2-16-40-82)71-95-67-88(80-120(112,103-57-33-11-34-58-103)104-59-35-12-36-60-104)68-96(108(95)116-76-84-43-19-4-20-44-84)72-94-66-87(79-119(111,101-53-29-9-30-54-101)102-55-31-10-32-56-102)64-92(107(94)115-75-83-41-17-3-18-42-83)70-90(62-85)105(89)113-73-81-37-13-1-14-38-81/h1-68H,69-80H2. The van der Waals surface area contributed by atoms with Crippen molar-refractivity contribution in [2.24, 2.45) is 0 Å². The van der Waals surface area contributed by atoms with E-state index in [9.17, 15) is 0 Å². The highest BCUT2D eigenvalue weighted by molar-refractivity contribution is 7.79. The van der Waals surface area contributed by atoms with Gasteiger partial charge < -0.3 is 37.2 Å². The summed E-state index contributed by atoms with van der Waals surface area (Å²) in [4.78, 5) is 0. The van der Waals surface area contributed by atoms with Crippen LogP contribution in [-0.2, 0) is 95.0 Å². The second kappa shape index (κ2) is 36.9. The van der Waals surface area contributed by atoms with Gasteiger partial charge in [-0.15, -0.1) is 0 Å². The second-order valence-electron chi connectivity index (χ2n) is 31.1. The molecule has 16 aromatic carbocycles. The van der Waals surface area contributed by atoms with Gasteiger partial charge in [0.25, 0.3) is 0 Å². The fraction of sp³-hybridized carbons (Fsp3) is 0.111. The maximum absolute atomic E-state index is 17.0. The Kier molecular flexibility index (Phi) is 24.6. The molecule has 8 bridgehead atoms. The molecule has 120 heavy (non-hydrogen) atoms. The lowest BCUT2D eigenvalue weighted by Gasteiger charge is -2.27. The largest absolute Gasteiger partial charge is 0.488 e. The van der Waals surface area contributed by atoms with Gasteiger partial charge in [-0.2, -0.15) is 0 Å². The van der Waals surface area contributed by atoms with Crippen molar-refractivity contribution in [2.75, 3.05) is 0 Å². The molecule has 0 spiro atoms. The Hall–Kier alpha value is -12.4. The minimum absolute atomic E-state index is 0.143. The molecule has 8 nitrogen and oxygen atoms in total. The van der Waals surface area contributed by atoms with Crippen molar-refractivity contribution in [1.29, 1.82) is 0 Å². The highest BCUT2D eigenvalue weighted by atomic mass is 31.2. The summed E-state index contributed by atoms with van der Waals surface area (Å²) >= 11 is 0. The number of hydrogen-bond donors (Lipinski definition) is 0. The molecule has 0 N–H and O–H groups in total. The normalized spacial score (nSPS) is 12.3. The summed E-state index contributed by atoms with van der Waals surface area (Å²) < 4.78 is 98.7. The summed E-state index contributed by atoms with van der Waals surface area (Å²) in [5.41, 5.74) is 13.5. The van der Waals surface area contributed by atoms with Crippen LogP contribution >= 0.6 is 28.6 Å². The van der Waals surface area contributed by atoms with E-state index in [1.54, 1.807) is 0 Å². The van der Waals surface area contributed by atoms with Crippen LogP contribution in [0.1, 0.15) is 89.0 Å². The van der Waals surface area contributed by atoms with Crippen LogP contribution < -0.4 is 61.4 Å². The molecular formula is C108H92O8P4. The van der Waals surface area contributed by atoms with Gasteiger partial charge in [0.05, 0.1) is 0 Å². The Morgan fingerprint density at radius 3 is 0.425 bits per heavy atom. The molecule has 0 heterocycles. The first-order valence-corrected chi connectivity index (χ1v) is 48.5. The van der Waals surface area contributed by atoms with E-state index in [4.69, 9.17) is 18.9 Å². The molecule has 1 aliphatic carbocycles. The zero-order valence-electron chi connectivity index (χ0n) is 66.8. The minimum atomic E-state index is -3.53. The minimum Gasteiger partial charge on any atom is -0.488 e. The Morgan fingerprint density at radius 2 is 0.292 bits per heavy atom. The summed E-state index contributed by atoms with van der Waals surface area (Å²) in [6, 6.07) is 137. The van der Waals surface area contributed by atoms with E-state index in [-0.39, 0.29) is 76.8 Å². The van der Waals surface area contributed by atoms with Gasteiger partial charge in [0, 0.05) is 92.8 Å². The molecule has 0 atom stereocenters. The van der Waals surface area contributed by atoms with Gasteiger partial charge in [-0.3, -0.25) is 0 Å². The quantitative estimate of drug-likeness (QED) is 0.0447. The second-order valence-corrected chi connectivity index (χ2v) is 42.4.